The van der Waals surface area contributed by atoms with Crippen molar-refractivity contribution >= 4 is 5.97 Å². The van der Waals surface area contributed by atoms with E-state index in [4.69, 9.17) is 4.74 Å². The van der Waals surface area contributed by atoms with E-state index in [2.05, 4.69) is 6.92 Å². The maximum atomic E-state index is 11.8. The normalized spacial score (nSPS) is 17.9. The monoisotopic (exact) mass is 232 g/mol. The molecule has 0 saturated heterocycles. The number of rotatable bonds is 4. The largest absolute Gasteiger partial charge is 0.461 e. The number of esters is 1. The van der Waals surface area contributed by atoms with Crippen molar-refractivity contribution in [1.82, 2.24) is 0 Å². The van der Waals surface area contributed by atoms with Crippen LogP contribution in [0.5, 0.6) is 0 Å². The van der Waals surface area contributed by atoms with Gasteiger partial charge in [-0.05, 0) is 23.8 Å². The van der Waals surface area contributed by atoms with Gasteiger partial charge in [0.2, 0.25) is 0 Å². The van der Waals surface area contributed by atoms with Crippen molar-refractivity contribution in [2.45, 2.75) is 45.6 Å². The van der Waals surface area contributed by atoms with Crippen LogP contribution in [0.4, 0.5) is 0 Å². The van der Waals surface area contributed by atoms with Crippen LogP contribution in [-0.4, -0.2) is 5.97 Å². The van der Waals surface area contributed by atoms with Crippen molar-refractivity contribution in [3.63, 3.8) is 0 Å². The number of carbonyl (C=O) groups is 1. The maximum absolute atomic E-state index is 11.8. The molecule has 2 heteroatoms. The number of benzene rings is 1. The average Bonchev–Trinajstić information content (AvgIpc) is 2.74. The Bertz CT molecular complexity index is 364. The quantitative estimate of drug-likeness (QED) is 0.740. The molecule has 92 valence electrons. The van der Waals surface area contributed by atoms with Gasteiger partial charge in [0.15, 0.2) is 0 Å². The lowest BCUT2D eigenvalue weighted by Gasteiger charge is -2.21. The van der Waals surface area contributed by atoms with E-state index < -0.39 is 0 Å². The highest BCUT2D eigenvalue weighted by atomic mass is 16.5. The molecule has 1 fully saturated rings. The fraction of sp³-hybridized carbons (Fsp3) is 0.533. The van der Waals surface area contributed by atoms with E-state index in [1.807, 2.05) is 30.3 Å². The highest BCUT2D eigenvalue weighted by Gasteiger charge is 2.31. The predicted octanol–water partition coefficient (Wildman–Crippen LogP) is 3.70. The van der Waals surface area contributed by atoms with Gasteiger partial charge in [-0.15, -0.1) is 0 Å². The SMILES string of the molecule is CC1(CC(=O)OCc2ccccc2)CCCC1. The Kier molecular flexibility index (Phi) is 3.82. The first-order valence-corrected chi connectivity index (χ1v) is 6.38. The summed E-state index contributed by atoms with van der Waals surface area (Å²) >= 11 is 0. The van der Waals surface area contributed by atoms with Gasteiger partial charge in [-0.3, -0.25) is 4.79 Å². The molecule has 1 aromatic carbocycles. The summed E-state index contributed by atoms with van der Waals surface area (Å²) in [6, 6.07) is 9.84. The summed E-state index contributed by atoms with van der Waals surface area (Å²) in [6.07, 6.45) is 5.39. The lowest BCUT2D eigenvalue weighted by atomic mass is 9.85. The Morgan fingerprint density at radius 1 is 1.24 bits per heavy atom. The van der Waals surface area contributed by atoms with Crippen LogP contribution in [0.15, 0.2) is 30.3 Å². The molecule has 1 saturated carbocycles. The molecular formula is C15H20O2. The van der Waals surface area contributed by atoms with Gasteiger partial charge < -0.3 is 4.74 Å². The van der Waals surface area contributed by atoms with Gasteiger partial charge in [-0.2, -0.15) is 0 Å². The van der Waals surface area contributed by atoms with Gasteiger partial charge in [-0.1, -0.05) is 50.1 Å². The van der Waals surface area contributed by atoms with Crippen LogP contribution in [-0.2, 0) is 16.1 Å². The molecule has 2 nitrogen and oxygen atoms in total. The fourth-order valence-electron chi connectivity index (χ4n) is 2.54. The van der Waals surface area contributed by atoms with Crippen molar-refractivity contribution in [1.29, 1.82) is 0 Å². The minimum Gasteiger partial charge on any atom is -0.461 e. The number of hydrogen-bond acceptors (Lipinski definition) is 2. The molecule has 0 heterocycles. The average molecular weight is 232 g/mol. The molecule has 2 rings (SSSR count). The second-order valence-corrected chi connectivity index (χ2v) is 5.34. The molecule has 0 N–H and O–H groups in total. The summed E-state index contributed by atoms with van der Waals surface area (Å²) < 4.78 is 5.32. The second-order valence-electron chi connectivity index (χ2n) is 5.34. The summed E-state index contributed by atoms with van der Waals surface area (Å²) in [4.78, 5) is 11.8. The highest BCUT2D eigenvalue weighted by Crippen LogP contribution is 2.40. The second kappa shape index (κ2) is 5.35. The Balaban J connectivity index is 1.78. The summed E-state index contributed by atoms with van der Waals surface area (Å²) in [5.41, 5.74) is 1.24. The zero-order valence-electron chi connectivity index (χ0n) is 10.4. The van der Waals surface area contributed by atoms with Gasteiger partial charge in [0.05, 0.1) is 6.42 Å². The number of ether oxygens (including phenoxy) is 1. The summed E-state index contributed by atoms with van der Waals surface area (Å²) in [6.45, 7) is 2.60. The molecule has 1 aromatic rings. The smallest absolute Gasteiger partial charge is 0.306 e. The molecule has 0 amide bonds. The van der Waals surface area contributed by atoms with Crippen LogP contribution in [0.3, 0.4) is 0 Å². The third kappa shape index (κ3) is 3.58. The van der Waals surface area contributed by atoms with E-state index in [9.17, 15) is 4.79 Å². The van der Waals surface area contributed by atoms with Gasteiger partial charge in [0.25, 0.3) is 0 Å². The van der Waals surface area contributed by atoms with E-state index in [1.54, 1.807) is 0 Å². The molecular weight excluding hydrogens is 212 g/mol. The zero-order valence-corrected chi connectivity index (χ0v) is 10.4. The standard InChI is InChI=1S/C15H20O2/c1-15(9-5-6-10-15)11-14(16)17-12-13-7-3-2-4-8-13/h2-4,7-8H,5-6,9-12H2,1H3. The molecule has 1 aliphatic carbocycles. The Morgan fingerprint density at radius 3 is 2.53 bits per heavy atom. The van der Waals surface area contributed by atoms with Gasteiger partial charge in [-0.25, -0.2) is 0 Å². The van der Waals surface area contributed by atoms with Gasteiger partial charge >= 0.3 is 5.97 Å². The van der Waals surface area contributed by atoms with Crippen LogP contribution in [0.1, 0.15) is 44.6 Å². The first-order chi connectivity index (χ1) is 8.18. The third-order valence-corrected chi connectivity index (χ3v) is 3.62. The molecule has 0 radical (unpaired) electrons. The number of hydrogen-bond donors (Lipinski definition) is 0. The van der Waals surface area contributed by atoms with Crippen molar-refractivity contribution in [3.8, 4) is 0 Å². The van der Waals surface area contributed by atoms with Crippen molar-refractivity contribution in [2.24, 2.45) is 5.41 Å². The third-order valence-electron chi connectivity index (χ3n) is 3.62. The lowest BCUT2D eigenvalue weighted by molar-refractivity contribution is -0.147. The first-order valence-electron chi connectivity index (χ1n) is 6.38. The van der Waals surface area contributed by atoms with Crippen LogP contribution in [0.25, 0.3) is 0 Å². The van der Waals surface area contributed by atoms with Crippen molar-refractivity contribution in [3.05, 3.63) is 35.9 Å². The van der Waals surface area contributed by atoms with Gasteiger partial charge in [0, 0.05) is 0 Å². The minimum absolute atomic E-state index is 0.0572. The molecule has 0 unspecified atom stereocenters. The lowest BCUT2D eigenvalue weighted by Crippen LogP contribution is -2.18. The Hall–Kier alpha value is -1.31. The van der Waals surface area contributed by atoms with E-state index in [-0.39, 0.29) is 11.4 Å². The molecule has 0 spiro atoms. The zero-order chi connectivity index (χ0) is 12.1. The van der Waals surface area contributed by atoms with Crippen molar-refractivity contribution in [2.75, 3.05) is 0 Å². The molecule has 17 heavy (non-hydrogen) atoms. The first kappa shape index (κ1) is 12.2. The fourth-order valence-corrected chi connectivity index (χ4v) is 2.54. The summed E-state index contributed by atoms with van der Waals surface area (Å²) in [5.74, 6) is -0.0572. The van der Waals surface area contributed by atoms with Crippen LogP contribution in [0, 0.1) is 5.41 Å². The molecule has 0 aromatic heterocycles. The van der Waals surface area contributed by atoms with Crippen molar-refractivity contribution < 1.29 is 9.53 Å². The van der Waals surface area contributed by atoms with E-state index in [0.717, 1.165) is 18.4 Å². The maximum Gasteiger partial charge on any atom is 0.306 e. The van der Waals surface area contributed by atoms with Crippen LogP contribution < -0.4 is 0 Å². The molecule has 0 bridgehead atoms. The molecule has 0 atom stereocenters. The van der Waals surface area contributed by atoms with E-state index >= 15 is 0 Å². The van der Waals surface area contributed by atoms with Crippen LogP contribution >= 0.6 is 0 Å². The minimum atomic E-state index is -0.0572. The number of carbonyl (C=O) groups excluding carboxylic acids is 1. The predicted molar refractivity (Wildman–Crippen MR) is 67.4 cm³/mol. The van der Waals surface area contributed by atoms with Crippen LogP contribution in [0.2, 0.25) is 0 Å². The molecule has 1 aliphatic rings. The van der Waals surface area contributed by atoms with Gasteiger partial charge in [0.1, 0.15) is 6.61 Å². The highest BCUT2D eigenvalue weighted by molar-refractivity contribution is 5.70. The Morgan fingerprint density at radius 2 is 1.88 bits per heavy atom. The summed E-state index contributed by atoms with van der Waals surface area (Å²) in [5, 5.41) is 0. The van der Waals surface area contributed by atoms with E-state index in [0.29, 0.717) is 13.0 Å². The Labute approximate surface area is 103 Å². The summed E-state index contributed by atoms with van der Waals surface area (Å²) in [7, 11) is 0. The topological polar surface area (TPSA) is 26.3 Å². The molecule has 0 aliphatic heterocycles. The van der Waals surface area contributed by atoms with E-state index in [1.165, 1.54) is 12.8 Å².